The van der Waals surface area contributed by atoms with Gasteiger partial charge in [-0.1, -0.05) is 13.8 Å². The summed E-state index contributed by atoms with van der Waals surface area (Å²) in [4.78, 5) is 12.7. The van der Waals surface area contributed by atoms with E-state index in [-0.39, 0.29) is 0 Å². The van der Waals surface area contributed by atoms with Gasteiger partial charge in [0, 0.05) is 51.0 Å². The molecule has 4 bridgehead atoms. The number of nitrogens with zero attached hydrogens (tertiary/aromatic N) is 3. The van der Waals surface area contributed by atoms with E-state index in [1.807, 2.05) is 27.9 Å². The van der Waals surface area contributed by atoms with Crippen LogP contribution in [0.5, 0.6) is 0 Å². The quantitative estimate of drug-likeness (QED) is 0.559. The summed E-state index contributed by atoms with van der Waals surface area (Å²) in [5, 5.41) is 0. The Morgan fingerprint density at radius 1 is 1.05 bits per heavy atom. The van der Waals surface area contributed by atoms with E-state index in [0.717, 1.165) is 0 Å². The molecule has 4 fully saturated rings. The highest BCUT2D eigenvalue weighted by Gasteiger charge is 2.67. The largest absolute Gasteiger partial charge is 0.298 e. The van der Waals surface area contributed by atoms with E-state index in [1.165, 1.54) is 0 Å². The summed E-state index contributed by atoms with van der Waals surface area (Å²) in [6.07, 6.45) is 0. The Labute approximate surface area is 136 Å². The first-order valence-corrected chi connectivity index (χ1v) is 9.97. The van der Waals surface area contributed by atoms with Gasteiger partial charge in [0.15, 0.2) is 0 Å². The zero-order valence-corrected chi connectivity index (χ0v) is 14.9. The van der Waals surface area contributed by atoms with Crippen molar-refractivity contribution < 1.29 is 9.36 Å². The number of hydrogen-bond donors (Lipinski definition) is 0. The van der Waals surface area contributed by atoms with Gasteiger partial charge in [-0.15, -0.1) is 23.2 Å². The highest BCUT2D eigenvalue weighted by atomic mass is 35.5. The molecular formula is C13H22Cl2N3O2P. The first kappa shape index (κ1) is 16.2. The molecule has 4 heterocycles. The molecule has 120 valence electrons. The number of ketones is 1. The summed E-state index contributed by atoms with van der Waals surface area (Å²) in [5.41, 5.74) is -0.792. The second kappa shape index (κ2) is 5.19. The Hall–Kier alpha value is 0.360. The van der Waals surface area contributed by atoms with Crippen molar-refractivity contribution in [2.45, 2.75) is 13.8 Å². The first-order chi connectivity index (χ1) is 9.80. The third-order valence-electron chi connectivity index (χ3n) is 5.01. The third-order valence-corrected chi connectivity index (χ3v) is 8.53. The Balaban J connectivity index is 1.97. The number of halogens is 2. The molecule has 0 radical (unpaired) electrons. The van der Waals surface area contributed by atoms with E-state index < -0.39 is 18.4 Å². The molecule has 4 rings (SSSR count). The lowest BCUT2D eigenvalue weighted by atomic mass is 9.65. The average molecular weight is 354 g/mol. The third kappa shape index (κ3) is 2.16. The fraction of sp³-hybridized carbons (Fsp3) is 0.923. The molecule has 0 aromatic heterocycles. The number of carbonyl (C=O) groups excluding carboxylic acids is 1. The normalized spacial score (nSPS) is 48.3. The Morgan fingerprint density at radius 2 is 1.43 bits per heavy atom. The molecule has 0 atom stereocenters. The van der Waals surface area contributed by atoms with Crippen molar-refractivity contribution in [2.75, 3.05) is 51.0 Å². The number of rotatable bonds is 5. The van der Waals surface area contributed by atoms with Crippen LogP contribution >= 0.6 is 30.8 Å². The van der Waals surface area contributed by atoms with Gasteiger partial charge >= 0.3 is 0 Å². The molecule has 0 spiro atoms. The zero-order valence-electron chi connectivity index (χ0n) is 12.5. The van der Waals surface area contributed by atoms with Gasteiger partial charge in [0.25, 0.3) is 7.59 Å². The van der Waals surface area contributed by atoms with Crippen molar-refractivity contribution in [1.82, 2.24) is 14.0 Å². The predicted molar refractivity (Wildman–Crippen MR) is 85.0 cm³/mol. The Bertz CT molecular complexity index is 466. The molecule has 0 aromatic rings. The molecular weight excluding hydrogens is 332 g/mol. The minimum Gasteiger partial charge on any atom is -0.298 e. The van der Waals surface area contributed by atoms with E-state index in [4.69, 9.17) is 23.2 Å². The van der Waals surface area contributed by atoms with Gasteiger partial charge in [0.05, 0.1) is 10.8 Å². The average Bonchev–Trinajstić information content (AvgIpc) is 2.40. The minimum absolute atomic E-state index is 0.329. The van der Waals surface area contributed by atoms with Crippen molar-refractivity contribution in [3.8, 4) is 0 Å². The van der Waals surface area contributed by atoms with Crippen LogP contribution in [-0.4, -0.2) is 70.8 Å². The number of carbonyl (C=O) groups is 1. The van der Waals surface area contributed by atoms with Gasteiger partial charge < -0.3 is 0 Å². The summed E-state index contributed by atoms with van der Waals surface area (Å²) in [7, 11) is -2.81. The van der Waals surface area contributed by atoms with Crippen molar-refractivity contribution in [3.05, 3.63) is 0 Å². The van der Waals surface area contributed by atoms with Crippen LogP contribution in [0.3, 0.4) is 0 Å². The number of piperidine rings is 2. The van der Waals surface area contributed by atoms with E-state index >= 15 is 0 Å². The lowest BCUT2D eigenvalue weighted by Crippen LogP contribution is -2.73. The lowest BCUT2D eigenvalue weighted by molar-refractivity contribution is -0.155. The van der Waals surface area contributed by atoms with Crippen LogP contribution in [0.2, 0.25) is 0 Å². The van der Waals surface area contributed by atoms with E-state index in [9.17, 15) is 9.36 Å². The smallest absolute Gasteiger partial charge is 0.287 e. The van der Waals surface area contributed by atoms with Gasteiger partial charge in [-0.25, -0.2) is 14.0 Å². The molecule has 0 saturated carbocycles. The summed E-state index contributed by atoms with van der Waals surface area (Å²) >= 11 is 11.8. The highest BCUT2D eigenvalue weighted by molar-refractivity contribution is 7.56. The van der Waals surface area contributed by atoms with Crippen LogP contribution in [0, 0.1) is 10.8 Å². The summed E-state index contributed by atoms with van der Waals surface area (Å²) in [6, 6.07) is 0. The fourth-order valence-electron chi connectivity index (χ4n) is 4.31. The zero-order chi connectivity index (χ0) is 15.5. The van der Waals surface area contributed by atoms with Crippen molar-refractivity contribution in [3.63, 3.8) is 0 Å². The van der Waals surface area contributed by atoms with E-state index in [1.54, 1.807) is 0 Å². The van der Waals surface area contributed by atoms with Gasteiger partial charge in [-0.2, -0.15) is 0 Å². The maximum Gasteiger partial charge on any atom is 0.287 e. The highest BCUT2D eigenvalue weighted by Crippen LogP contribution is 2.68. The lowest BCUT2D eigenvalue weighted by Gasteiger charge is -2.65. The fourth-order valence-corrected chi connectivity index (χ4v) is 8.74. The van der Waals surface area contributed by atoms with Crippen molar-refractivity contribution >= 4 is 36.6 Å². The second-order valence-corrected chi connectivity index (χ2v) is 10.4. The predicted octanol–water partition coefficient (Wildman–Crippen LogP) is 2.10. The summed E-state index contributed by atoms with van der Waals surface area (Å²) in [5.74, 6) is 1.18. The van der Waals surface area contributed by atoms with Crippen LogP contribution in [-0.2, 0) is 9.36 Å². The molecule has 4 aliphatic rings. The van der Waals surface area contributed by atoms with Crippen LogP contribution < -0.4 is 0 Å². The molecule has 5 nitrogen and oxygen atoms in total. The molecule has 0 aromatic carbocycles. The molecule has 4 saturated heterocycles. The monoisotopic (exact) mass is 353 g/mol. The topological polar surface area (TPSA) is 43.9 Å². The van der Waals surface area contributed by atoms with Gasteiger partial charge in [-0.05, 0) is 0 Å². The molecule has 8 heteroatoms. The van der Waals surface area contributed by atoms with Gasteiger partial charge in [-0.3, -0.25) is 9.36 Å². The van der Waals surface area contributed by atoms with E-state index in [2.05, 4.69) is 0 Å². The van der Waals surface area contributed by atoms with E-state index in [0.29, 0.717) is 56.8 Å². The van der Waals surface area contributed by atoms with Crippen molar-refractivity contribution in [2.24, 2.45) is 10.8 Å². The van der Waals surface area contributed by atoms with Crippen molar-refractivity contribution in [1.29, 1.82) is 0 Å². The summed E-state index contributed by atoms with van der Waals surface area (Å²) < 4.78 is 19.8. The molecule has 0 N–H and O–H groups in total. The maximum absolute atomic E-state index is 13.8. The van der Waals surface area contributed by atoms with Gasteiger partial charge in [0.2, 0.25) is 0 Å². The Morgan fingerprint density at radius 3 is 1.76 bits per heavy atom. The van der Waals surface area contributed by atoms with Crippen LogP contribution in [0.15, 0.2) is 0 Å². The molecule has 0 unspecified atom stereocenters. The minimum atomic E-state index is -2.81. The SMILES string of the molecule is CC12CN3CC(C)(CN(C1)P3(=O)N(CCCl)CCCl)C2=O. The Kier molecular flexibility index (Phi) is 4.01. The standard InChI is InChI=1S/C13H22Cl2N3O2P/c1-12-7-17-9-13(2,11(12)19)10-18(8-12)21(17,20)16(5-3-14)6-4-15/h3-10H2,1-2H3. The molecule has 0 aliphatic carbocycles. The first-order valence-electron chi connectivity index (χ1n) is 7.33. The number of Topliss-reactive ketones (excluding diaryl/α,β-unsaturated/α-hetero) is 1. The van der Waals surface area contributed by atoms with Crippen LogP contribution in [0.25, 0.3) is 0 Å². The van der Waals surface area contributed by atoms with Gasteiger partial charge in [0.1, 0.15) is 5.78 Å². The molecule has 0 amide bonds. The molecule has 21 heavy (non-hydrogen) atoms. The number of hydrogen-bond acceptors (Lipinski definition) is 2. The molecule has 4 aliphatic heterocycles. The number of alkyl halides is 2. The van der Waals surface area contributed by atoms with Crippen LogP contribution in [0.4, 0.5) is 0 Å². The summed E-state index contributed by atoms with van der Waals surface area (Å²) in [6.45, 7) is 7.44. The maximum atomic E-state index is 13.8. The second-order valence-electron chi connectivity index (χ2n) is 6.94. The van der Waals surface area contributed by atoms with Crippen LogP contribution in [0.1, 0.15) is 13.8 Å².